The third kappa shape index (κ3) is 4.73. The lowest BCUT2D eigenvalue weighted by Gasteiger charge is -2.11. The van der Waals surface area contributed by atoms with Gasteiger partial charge in [-0.2, -0.15) is 0 Å². The molecule has 1 aliphatic rings. The number of anilines is 2. The first-order chi connectivity index (χ1) is 7.20. The van der Waals surface area contributed by atoms with E-state index in [1.807, 2.05) is 43.3 Å². The summed E-state index contributed by atoms with van der Waals surface area (Å²) >= 11 is 0. The number of nitrogens with zero attached hydrogens (tertiary/aromatic N) is 1. The minimum Gasteiger partial charge on any atom is -0.399 e. The van der Waals surface area contributed by atoms with E-state index < -0.39 is 0 Å². The topological polar surface area (TPSA) is 29.3 Å². The van der Waals surface area contributed by atoms with Crippen molar-refractivity contribution in [1.82, 2.24) is 0 Å². The fourth-order valence-corrected chi connectivity index (χ4v) is 1.66. The molecule has 0 spiro atoms. The average molecular weight is 206 g/mol. The van der Waals surface area contributed by atoms with Crippen LogP contribution in [0.3, 0.4) is 0 Å². The molecule has 2 N–H and O–H groups in total. The van der Waals surface area contributed by atoms with E-state index in [4.69, 9.17) is 5.73 Å². The molecular weight excluding hydrogens is 184 g/mol. The van der Waals surface area contributed by atoms with E-state index in [2.05, 4.69) is 0 Å². The first-order valence-corrected chi connectivity index (χ1v) is 5.73. The summed E-state index contributed by atoms with van der Waals surface area (Å²) in [5, 5.41) is 0. The molecule has 1 aromatic carbocycles. The highest BCUT2D eigenvalue weighted by atomic mass is 15.1. The molecule has 1 aromatic rings. The molecule has 0 heterocycles. The highest BCUT2D eigenvalue weighted by Gasteiger charge is 1.95. The summed E-state index contributed by atoms with van der Waals surface area (Å²) < 4.78 is 0. The minimum absolute atomic E-state index is 0.811. The third-order valence-electron chi connectivity index (χ3n) is 2.66. The smallest absolute Gasteiger partial charge is 0.0362 e. The van der Waals surface area contributed by atoms with Crippen LogP contribution in [0.25, 0.3) is 0 Å². The molecule has 84 valence electrons. The van der Waals surface area contributed by atoms with E-state index in [1.165, 1.54) is 37.8 Å². The number of nitrogens with two attached hydrogens (primary N) is 1. The van der Waals surface area contributed by atoms with Crippen LogP contribution in [0.5, 0.6) is 0 Å². The van der Waals surface area contributed by atoms with Crippen LogP contribution in [0, 0.1) is 0 Å². The van der Waals surface area contributed by atoms with E-state index in [0.717, 1.165) is 5.69 Å². The van der Waals surface area contributed by atoms with Crippen LogP contribution in [-0.4, -0.2) is 14.1 Å². The Balaban J connectivity index is 0.000000187. The van der Waals surface area contributed by atoms with E-state index >= 15 is 0 Å². The molecule has 2 nitrogen and oxygen atoms in total. The number of benzene rings is 1. The lowest BCUT2D eigenvalue weighted by molar-refractivity contribution is 0.886. The number of rotatable bonds is 1. The molecule has 0 amide bonds. The zero-order valence-corrected chi connectivity index (χ0v) is 9.87. The van der Waals surface area contributed by atoms with Crippen molar-refractivity contribution in [3.05, 3.63) is 24.3 Å². The van der Waals surface area contributed by atoms with Gasteiger partial charge in [-0.05, 0) is 24.3 Å². The van der Waals surface area contributed by atoms with Gasteiger partial charge in [-0.1, -0.05) is 32.1 Å². The highest BCUT2D eigenvalue weighted by Crippen LogP contribution is 2.15. The first-order valence-electron chi connectivity index (χ1n) is 5.73. The summed E-state index contributed by atoms with van der Waals surface area (Å²) in [6.07, 6.45) is 7.50. The van der Waals surface area contributed by atoms with Crippen molar-refractivity contribution in [3.8, 4) is 0 Å². The Morgan fingerprint density at radius 2 is 1.27 bits per heavy atom. The van der Waals surface area contributed by atoms with Gasteiger partial charge >= 0.3 is 0 Å². The monoisotopic (exact) mass is 206 g/mol. The molecule has 1 aliphatic carbocycles. The second-order valence-electron chi connectivity index (χ2n) is 4.25. The van der Waals surface area contributed by atoms with Crippen LogP contribution in [0.2, 0.25) is 0 Å². The number of hydrogen-bond donors (Lipinski definition) is 1. The summed E-state index contributed by atoms with van der Waals surface area (Å²) in [6, 6.07) is 7.79. The van der Waals surface area contributed by atoms with Crippen molar-refractivity contribution >= 4 is 11.4 Å². The lowest BCUT2D eigenvalue weighted by Crippen LogP contribution is -2.08. The first kappa shape index (κ1) is 11.9. The van der Waals surface area contributed by atoms with E-state index in [0.29, 0.717) is 0 Å². The second-order valence-corrected chi connectivity index (χ2v) is 4.25. The van der Waals surface area contributed by atoms with Gasteiger partial charge in [0.05, 0.1) is 0 Å². The Hall–Kier alpha value is -1.18. The predicted molar refractivity (Wildman–Crippen MR) is 68.3 cm³/mol. The fraction of sp³-hybridized carbons (Fsp3) is 0.538. The van der Waals surface area contributed by atoms with Gasteiger partial charge in [0.15, 0.2) is 0 Å². The standard InChI is InChI=1S/C8H12N2.C5H10/c1-10(2)8-5-3-7(9)4-6-8;1-2-4-5-3-1/h3-6H,9H2,1-2H3;1-5H2. The van der Waals surface area contributed by atoms with Crippen LogP contribution in [0.4, 0.5) is 11.4 Å². The molecule has 0 aliphatic heterocycles. The van der Waals surface area contributed by atoms with Crippen molar-refractivity contribution in [1.29, 1.82) is 0 Å². The van der Waals surface area contributed by atoms with Gasteiger partial charge in [0.25, 0.3) is 0 Å². The van der Waals surface area contributed by atoms with Crippen LogP contribution >= 0.6 is 0 Å². The van der Waals surface area contributed by atoms with Crippen LogP contribution in [-0.2, 0) is 0 Å². The summed E-state index contributed by atoms with van der Waals surface area (Å²) in [4.78, 5) is 2.04. The van der Waals surface area contributed by atoms with E-state index in [1.54, 1.807) is 0 Å². The van der Waals surface area contributed by atoms with Gasteiger partial charge in [0, 0.05) is 25.5 Å². The SMILES string of the molecule is C1CCCC1.CN(C)c1ccc(N)cc1. The molecule has 0 unspecified atom stereocenters. The van der Waals surface area contributed by atoms with Crippen molar-refractivity contribution < 1.29 is 0 Å². The zero-order valence-electron chi connectivity index (χ0n) is 9.87. The maximum Gasteiger partial charge on any atom is 0.0362 e. The molecule has 2 heteroatoms. The van der Waals surface area contributed by atoms with Gasteiger partial charge in [-0.3, -0.25) is 0 Å². The number of hydrogen-bond acceptors (Lipinski definition) is 2. The van der Waals surface area contributed by atoms with Gasteiger partial charge in [0.1, 0.15) is 0 Å². The van der Waals surface area contributed by atoms with Crippen LogP contribution < -0.4 is 10.6 Å². The average Bonchev–Trinajstić information content (AvgIpc) is 2.76. The highest BCUT2D eigenvalue weighted by molar-refractivity contribution is 5.51. The maximum atomic E-state index is 5.51. The summed E-state index contributed by atoms with van der Waals surface area (Å²) in [6.45, 7) is 0. The molecule has 0 radical (unpaired) electrons. The van der Waals surface area contributed by atoms with Crippen molar-refractivity contribution in [2.75, 3.05) is 24.7 Å². The van der Waals surface area contributed by atoms with Gasteiger partial charge < -0.3 is 10.6 Å². The summed E-state index contributed by atoms with van der Waals surface area (Å²) in [5.74, 6) is 0. The summed E-state index contributed by atoms with van der Waals surface area (Å²) in [5.41, 5.74) is 7.49. The molecule has 15 heavy (non-hydrogen) atoms. The predicted octanol–water partition coefficient (Wildman–Crippen LogP) is 3.29. The molecule has 0 atom stereocenters. The molecule has 2 rings (SSSR count). The Morgan fingerprint density at radius 3 is 1.60 bits per heavy atom. The lowest BCUT2D eigenvalue weighted by atomic mass is 10.3. The minimum atomic E-state index is 0.811. The second kappa shape index (κ2) is 6.33. The Kier molecular flexibility index (Phi) is 5.02. The normalized spacial score (nSPS) is 14.3. The molecule has 1 fully saturated rings. The molecule has 0 aromatic heterocycles. The fourth-order valence-electron chi connectivity index (χ4n) is 1.66. The maximum absolute atomic E-state index is 5.51. The quantitative estimate of drug-likeness (QED) is 0.714. The molecule has 0 bridgehead atoms. The third-order valence-corrected chi connectivity index (χ3v) is 2.66. The zero-order chi connectivity index (χ0) is 11.1. The Bertz CT molecular complexity index is 253. The van der Waals surface area contributed by atoms with Crippen molar-refractivity contribution in [2.24, 2.45) is 0 Å². The molecular formula is C13H22N2. The largest absolute Gasteiger partial charge is 0.399 e. The Labute approximate surface area is 93.1 Å². The van der Waals surface area contributed by atoms with Gasteiger partial charge in [-0.15, -0.1) is 0 Å². The number of nitrogen functional groups attached to an aromatic ring is 1. The van der Waals surface area contributed by atoms with Gasteiger partial charge in [0.2, 0.25) is 0 Å². The van der Waals surface area contributed by atoms with E-state index in [-0.39, 0.29) is 0 Å². The van der Waals surface area contributed by atoms with Gasteiger partial charge in [-0.25, -0.2) is 0 Å². The van der Waals surface area contributed by atoms with Crippen LogP contribution in [0.15, 0.2) is 24.3 Å². The van der Waals surface area contributed by atoms with Crippen LogP contribution in [0.1, 0.15) is 32.1 Å². The molecule has 1 saturated carbocycles. The molecule has 0 saturated heterocycles. The summed E-state index contributed by atoms with van der Waals surface area (Å²) in [7, 11) is 4.01. The van der Waals surface area contributed by atoms with Crippen molar-refractivity contribution in [3.63, 3.8) is 0 Å². The Morgan fingerprint density at radius 1 is 0.867 bits per heavy atom. The van der Waals surface area contributed by atoms with E-state index in [9.17, 15) is 0 Å². The van der Waals surface area contributed by atoms with Crippen molar-refractivity contribution in [2.45, 2.75) is 32.1 Å².